The maximum Gasteiger partial charge on any atom is 0.222 e. The fourth-order valence-corrected chi connectivity index (χ4v) is 1.67. The Morgan fingerprint density at radius 3 is 2.47 bits per heavy atom. The second-order valence-corrected chi connectivity index (χ2v) is 4.10. The van der Waals surface area contributed by atoms with Crippen molar-refractivity contribution in [1.82, 2.24) is 9.97 Å². The van der Waals surface area contributed by atoms with E-state index in [-0.39, 0.29) is 5.91 Å². The maximum atomic E-state index is 11.0. The summed E-state index contributed by atoms with van der Waals surface area (Å²) < 4.78 is 5.11. The van der Waals surface area contributed by atoms with Crippen LogP contribution in [0.3, 0.4) is 0 Å². The van der Waals surface area contributed by atoms with Gasteiger partial charge in [-0.2, -0.15) is 0 Å². The highest BCUT2D eigenvalue weighted by Gasteiger charge is 2.06. The zero-order chi connectivity index (χ0) is 13.8. The van der Waals surface area contributed by atoms with Crippen LogP contribution in [0.25, 0.3) is 11.3 Å². The molecule has 5 heteroatoms. The largest absolute Gasteiger partial charge is 0.497 e. The summed E-state index contributed by atoms with van der Waals surface area (Å²) in [6.45, 7) is 3.25. The number of aryl methyl sites for hydroxylation is 1. The number of hydrogen-bond donors (Lipinski definition) is 1. The highest BCUT2D eigenvalue weighted by molar-refractivity contribution is 5.88. The summed E-state index contributed by atoms with van der Waals surface area (Å²) in [5.74, 6) is 1.13. The van der Waals surface area contributed by atoms with Crippen LogP contribution >= 0.6 is 0 Å². The second kappa shape index (κ2) is 5.48. The summed E-state index contributed by atoms with van der Waals surface area (Å²) in [4.78, 5) is 19.6. The van der Waals surface area contributed by atoms with Crippen molar-refractivity contribution in [3.05, 3.63) is 36.2 Å². The third kappa shape index (κ3) is 3.07. The molecule has 5 nitrogen and oxygen atoms in total. The van der Waals surface area contributed by atoms with E-state index < -0.39 is 0 Å². The third-order valence-electron chi connectivity index (χ3n) is 2.63. The van der Waals surface area contributed by atoms with Gasteiger partial charge in [-0.15, -0.1) is 0 Å². The number of methoxy groups -OCH3 is 1. The first-order chi connectivity index (χ1) is 9.10. The fourth-order valence-electron chi connectivity index (χ4n) is 1.67. The lowest BCUT2D eigenvalue weighted by Crippen LogP contribution is -2.10. The van der Waals surface area contributed by atoms with Crippen LogP contribution in [0, 0.1) is 6.92 Å². The van der Waals surface area contributed by atoms with Gasteiger partial charge in [-0.05, 0) is 31.2 Å². The summed E-state index contributed by atoms with van der Waals surface area (Å²) in [6, 6.07) is 7.57. The molecule has 98 valence electrons. The normalized spacial score (nSPS) is 10.1. The summed E-state index contributed by atoms with van der Waals surface area (Å²) >= 11 is 0. The monoisotopic (exact) mass is 257 g/mol. The van der Waals surface area contributed by atoms with Gasteiger partial charge in [0.1, 0.15) is 5.75 Å². The number of amides is 1. The highest BCUT2D eigenvalue weighted by atomic mass is 16.5. The van der Waals surface area contributed by atoms with E-state index in [1.165, 1.54) is 6.92 Å². The van der Waals surface area contributed by atoms with Crippen LogP contribution in [-0.4, -0.2) is 23.0 Å². The number of anilines is 1. The lowest BCUT2D eigenvalue weighted by atomic mass is 10.1. The molecule has 0 aliphatic carbocycles. The Bertz CT molecular complexity index is 594. The Morgan fingerprint density at radius 2 is 1.95 bits per heavy atom. The summed E-state index contributed by atoms with van der Waals surface area (Å²) in [6.07, 6.45) is 1.64. The van der Waals surface area contributed by atoms with E-state index in [1.54, 1.807) is 13.3 Å². The second-order valence-electron chi connectivity index (χ2n) is 4.10. The number of benzene rings is 1. The van der Waals surface area contributed by atoms with Crippen LogP contribution in [0.2, 0.25) is 0 Å². The molecule has 0 atom stereocenters. The molecule has 0 saturated carbocycles. The molecule has 1 N–H and O–H groups in total. The van der Waals surface area contributed by atoms with Gasteiger partial charge in [0.05, 0.1) is 24.7 Å². The van der Waals surface area contributed by atoms with Crippen LogP contribution in [0.4, 0.5) is 5.82 Å². The molecule has 1 aromatic carbocycles. The van der Waals surface area contributed by atoms with Gasteiger partial charge in [0.15, 0.2) is 5.82 Å². The summed E-state index contributed by atoms with van der Waals surface area (Å²) in [5, 5.41) is 2.64. The molecule has 0 saturated heterocycles. The number of nitrogens with zero attached hydrogens (tertiary/aromatic N) is 2. The SMILES string of the molecule is COc1ccc(-c2cnc(NC(C)=O)c(C)n2)cc1. The Morgan fingerprint density at radius 1 is 1.26 bits per heavy atom. The van der Waals surface area contributed by atoms with E-state index in [9.17, 15) is 4.79 Å². The third-order valence-corrected chi connectivity index (χ3v) is 2.63. The van der Waals surface area contributed by atoms with Gasteiger partial charge in [-0.1, -0.05) is 0 Å². The number of aromatic nitrogens is 2. The Kier molecular flexibility index (Phi) is 3.75. The van der Waals surface area contributed by atoms with E-state index >= 15 is 0 Å². The molecule has 0 unspecified atom stereocenters. The number of carbonyl (C=O) groups excluding carboxylic acids is 1. The van der Waals surface area contributed by atoms with Crippen molar-refractivity contribution in [3.8, 4) is 17.0 Å². The zero-order valence-electron chi connectivity index (χ0n) is 11.1. The molecule has 1 heterocycles. The smallest absolute Gasteiger partial charge is 0.222 e. The van der Waals surface area contributed by atoms with E-state index in [0.29, 0.717) is 11.5 Å². The van der Waals surface area contributed by atoms with Gasteiger partial charge < -0.3 is 10.1 Å². The van der Waals surface area contributed by atoms with Crippen molar-refractivity contribution < 1.29 is 9.53 Å². The van der Waals surface area contributed by atoms with Gasteiger partial charge in [0.2, 0.25) is 5.91 Å². The molecule has 0 spiro atoms. The van der Waals surface area contributed by atoms with Crippen molar-refractivity contribution in [2.24, 2.45) is 0 Å². The number of nitrogens with one attached hydrogen (secondary N) is 1. The average Bonchev–Trinajstić information content (AvgIpc) is 2.41. The molecule has 19 heavy (non-hydrogen) atoms. The molecule has 0 radical (unpaired) electrons. The molecule has 1 amide bonds. The molecule has 0 bridgehead atoms. The average molecular weight is 257 g/mol. The predicted molar refractivity (Wildman–Crippen MR) is 73.1 cm³/mol. The van der Waals surface area contributed by atoms with Gasteiger partial charge in [-0.25, -0.2) is 9.97 Å². The first-order valence-electron chi connectivity index (χ1n) is 5.86. The van der Waals surface area contributed by atoms with Crippen LogP contribution < -0.4 is 10.1 Å². The Labute approximate surface area is 111 Å². The quantitative estimate of drug-likeness (QED) is 0.917. The van der Waals surface area contributed by atoms with E-state index in [1.807, 2.05) is 31.2 Å². The van der Waals surface area contributed by atoms with Crippen molar-refractivity contribution in [2.45, 2.75) is 13.8 Å². The Hall–Kier alpha value is -2.43. The summed E-state index contributed by atoms with van der Waals surface area (Å²) in [5.41, 5.74) is 2.39. The van der Waals surface area contributed by atoms with E-state index in [0.717, 1.165) is 17.0 Å². The summed E-state index contributed by atoms with van der Waals surface area (Å²) in [7, 11) is 1.63. The molecular formula is C14H15N3O2. The maximum absolute atomic E-state index is 11.0. The van der Waals surface area contributed by atoms with Gasteiger partial charge in [0, 0.05) is 12.5 Å². The molecule has 0 fully saturated rings. The molecule has 2 aromatic rings. The standard InChI is InChI=1S/C14H15N3O2/c1-9-14(17-10(2)18)15-8-13(16-9)11-4-6-12(19-3)7-5-11/h4-8H,1-3H3,(H,15,17,18). The molecule has 0 aliphatic heterocycles. The molecule has 1 aromatic heterocycles. The van der Waals surface area contributed by atoms with Crippen LogP contribution in [0.15, 0.2) is 30.5 Å². The lowest BCUT2D eigenvalue weighted by molar-refractivity contribution is -0.114. The van der Waals surface area contributed by atoms with Crippen molar-refractivity contribution >= 4 is 11.7 Å². The van der Waals surface area contributed by atoms with Gasteiger partial charge in [0.25, 0.3) is 0 Å². The van der Waals surface area contributed by atoms with Crippen LogP contribution in [0.1, 0.15) is 12.6 Å². The number of carbonyl (C=O) groups is 1. The topological polar surface area (TPSA) is 64.1 Å². The highest BCUT2D eigenvalue weighted by Crippen LogP contribution is 2.21. The minimum atomic E-state index is -0.158. The minimum Gasteiger partial charge on any atom is -0.497 e. The molecule has 0 aliphatic rings. The first kappa shape index (κ1) is 13.0. The number of hydrogen-bond acceptors (Lipinski definition) is 4. The first-order valence-corrected chi connectivity index (χ1v) is 5.86. The lowest BCUT2D eigenvalue weighted by Gasteiger charge is -2.07. The van der Waals surface area contributed by atoms with Crippen LogP contribution in [-0.2, 0) is 4.79 Å². The zero-order valence-corrected chi connectivity index (χ0v) is 11.1. The fraction of sp³-hybridized carbons (Fsp3) is 0.214. The molecule has 2 rings (SSSR count). The van der Waals surface area contributed by atoms with Gasteiger partial charge in [-0.3, -0.25) is 4.79 Å². The number of rotatable bonds is 3. The van der Waals surface area contributed by atoms with E-state index in [2.05, 4.69) is 15.3 Å². The van der Waals surface area contributed by atoms with Gasteiger partial charge >= 0.3 is 0 Å². The minimum absolute atomic E-state index is 0.158. The van der Waals surface area contributed by atoms with Crippen molar-refractivity contribution in [1.29, 1.82) is 0 Å². The predicted octanol–water partition coefficient (Wildman–Crippen LogP) is 2.42. The molecular weight excluding hydrogens is 242 g/mol. The number of ether oxygens (including phenoxy) is 1. The van der Waals surface area contributed by atoms with Crippen molar-refractivity contribution in [2.75, 3.05) is 12.4 Å². The van der Waals surface area contributed by atoms with Crippen LogP contribution in [0.5, 0.6) is 5.75 Å². The van der Waals surface area contributed by atoms with Crippen molar-refractivity contribution in [3.63, 3.8) is 0 Å². The Balaban J connectivity index is 2.30. The van der Waals surface area contributed by atoms with E-state index in [4.69, 9.17) is 4.74 Å².